The molecule has 114 valence electrons. The van der Waals surface area contributed by atoms with E-state index in [1.54, 1.807) is 18.2 Å². The highest BCUT2D eigenvalue weighted by atomic mass is 19.1. The fourth-order valence-electron chi connectivity index (χ4n) is 2.27. The largest absolute Gasteiger partial charge is 0.475 e. The van der Waals surface area contributed by atoms with Gasteiger partial charge in [0.05, 0.1) is 0 Å². The van der Waals surface area contributed by atoms with Gasteiger partial charge < -0.3 is 14.4 Å². The van der Waals surface area contributed by atoms with Gasteiger partial charge in [0.1, 0.15) is 5.82 Å². The van der Waals surface area contributed by atoms with Gasteiger partial charge in [-0.15, -0.1) is 0 Å². The summed E-state index contributed by atoms with van der Waals surface area (Å²) in [6.07, 6.45) is 1.71. The lowest BCUT2D eigenvalue weighted by molar-refractivity contribution is 0.0644. The van der Waals surface area contributed by atoms with Crippen LogP contribution in [0.2, 0.25) is 0 Å². The van der Waals surface area contributed by atoms with E-state index in [1.807, 2.05) is 0 Å². The standard InChI is InChI=1S/C16H14FNO4/c17-12-4-2-1-3-10(12)9-18(11-5-6-11)15(19)13-7-8-14(22-13)16(20)21/h1-4,7-8,11H,5-6,9H2,(H,20,21). The Kier molecular flexibility index (Phi) is 3.66. The average Bonchev–Trinajstić information content (AvgIpc) is 3.21. The van der Waals surface area contributed by atoms with Crippen molar-refractivity contribution in [2.75, 3.05) is 0 Å². The Hall–Kier alpha value is -2.63. The molecule has 1 aliphatic carbocycles. The predicted octanol–water partition coefficient (Wildman–Crippen LogP) is 2.92. The van der Waals surface area contributed by atoms with Gasteiger partial charge in [0.25, 0.3) is 5.91 Å². The monoisotopic (exact) mass is 303 g/mol. The molecule has 5 nitrogen and oxygen atoms in total. The maximum absolute atomic E-state index is 13.8. The fraction of sp³-hybridized carbons (Fsp3) is 0.250. The van der Waals surface area contributed by atoms with Crippen molar-refractivity contribution in [1.82, 2.24) is 4.90 Å². The van der Waals surface area contributed by atoms with Crippen LogP contribution >= 0.6 is 0 Å². The van der Waals surface area contributed by atoms with Crippen molar-refractivity contribution in [3.63, 3.8) is 0 Å². The number of benzene rings is 1. The van der Waals surface area contributed by atoms with Gasteiger partial charge in [0, 0.05) is 18.2 Å². The van der Waals surface area contributed by atoms with Gasteiger partial charge in [-0.3, -0.25) is 4.79 Å². The minimum atomic E-state index is -1.23. The molecule has 0 aliphatic heterocycles. The molecule has 1 aliphatic rings. The molecule has 1 amide bonds. The molecule has 1 fully saturated rings. The molecule has 1 aromatic carbocycles. The van der Waals surface area contributed by atoms with Crippen molar-refractivity contribution in [1.29, 1.82) is 0 Å². The number of carboxylic acid groups (broad SMARTS) is 1. The second-order valence-electron chi connectivity index (χ2n) is 5.22. The molecule has 22 heavy (non-hydrogen) atoms. The third kappa shape index (κ3) is 2.86. The molecule has 3 rings (SSSR count). The Morgan fingerprint density at radius 3 is 2.45 bits per heavy atom. The van der Waals surface area contributed by atoms with Gasteiger partial charge >= 0.3 is 5.97 Å². The average molecular weight is 303 g/mol. The van der Waals surface area contributed by atoms with Crippen LogP contribution in [-0.2, 0) is 6.54 Å². The SMILES string of the molecule is O=C(O)c1ccc(C(=O)N(Cc2ccccc2F)C2CC2)o1. The number of nitrogens with zero attached hydrogens (tertiary/aromatic N) is 1. The zero-order chi connectivity index (χ0) is 15.7. The maximum atomic E-state index is 13.8. The summed E-state index contributed by atoms with van der Waals surface area (Å²) in [7, 11) is 0. The number of hydrogen-bond acceptors (Lipinski definition) is 3. The van der Waals surface area contributed by atoms with Gasteiger partial charge in [-0.2, -0.15) is 0 Å². The number of furan rings is 1. The lowest BCUT2D eigenvalue weighted by Crippen LogP contribution is -2.32. The summed E-state index contributed by atoms with van der Waals surface area (Å²) in [4.78, 5) is 24.8. The fourth-order valence-corrected chi connectivity index (χ4v) is 2.27. The van der Waals surface area contributed by atoms with Crippen molar-refractivity contribution in [2.24, 2.45) is 0 Å². The summed E-state index contributed by atoms with van der Waals surface area (Å²) < 4.78 is 18.8. The number of rotatable bonds is 5. The van der Waals surface area contributed by atoms with Crippen molar-refractivity contribution < 1.29 is 23.5 Å². The third-order valence-corrected chi connectivity index (χ3v) is 3.57. The van der Waals surface area contributed by atoms with Crippen molar-refractivity contribution in [2.45, 2.75) is 25.4 Å². The highest BCUT2D eigenvalue weighted by Gasteiger charge is 2.35. The van der Waals surface area contributed by atoms with Crippen LogP contribution in [-0.4, -0.2) is 27.9 Å². The smallest absolute Gasteiger partial charge is 0.371 e. The number of carboxylic acids is 1. The molecule has 1 heterocycles. The molecular formula is C16H14FNO4. The summed E-state index contributed by atoms with van der Waals surface area (Å²) in [5, 5.41) is 8.84. The van der Waals surface area contributed by atoms with Gasteiger partial charge in [-0.05, 0) is 31.0 Å². The minimum absolute atomic E-state index is 0.0411. The normalized spacial score (nSPS) is 13.9. The summed E-state index contributed by atoms with van der Waals surface area (Å²) in [6, 6.07) is 8.90. The first-order chi connectivity index (χ1) is 10.6. The molecular weight excluding hydrogens is 289 g/mol. The second kappa shape index (κ2) is 5.63. The Bertz CT molecular complexity index is 720. The molecule has 6 heteroatoms. The number of halogens is 1. The second-order valence-corrected chi connectivity index (χ2v) is 5.22. The first kappa shape index (κ1) is 14.3. The van der Waals surface area contributed by atoms with Crippen LogP contribution < -0.4 is 0 Å². The van der Waals surface area contributed by atoms with Crippen LogP contribution in [0.15, 0.2) is 40.8 Å². The molecule has 0 atom stereocenters. The van der Waals surface area contributed by atoms with Crippen molar-refractivity contribution in [3.8, 4) is 0 Å². The highest BCUT2D eigenvalue weighted by molar-refractivity contribution is 5.93. The molecule has 0 radical (unpaired) electrons. The van der Waals surface area contributed by atoms with E-state index in [4.69, 9.17) is 9.52 Å². The van der Waals surface area contributed by atoms with Gasteiger partial charge in [-0.25, -0.2) is 9.18 Å². The quantitative estimate of drug-likeness (QED) is 0.922. The zero-order valence-corrected chi connectivity index (χ0v) is 11.7. The van der Waals surface area contributed by atoms with Crippen LogP contribution in [0.5, 0.6) is 0 Å². The third-order valence-electron chi connectivity index (χ3n) is 3.57. The molecule has 1 N–H and O–H groups in total. The van der Waals surface area contributed by atoms with E-state index < -0.39 is 11.9 Å². The van der Waals surface area contributed by atoms with Crippen LogP contribution in [0.25, 0.3) is 0 Å². The lowest BCUT2D eigenvalue weighted by atomic mass is 10.2. The minimum Gasteiger partial charge on any atom is -0.475 e. The Balaban J connectivity index is 1.83. The molecule has 0 bridgehead atoms. The summed E-state index contributed by atoms with van der Waals surface area (Å²) >= 11 is 0. The van der Waals surface area contributed by atoms with Crippen molar-refractivity contribution >= 4 is 11.9 Å². The number of hydrogen-bond donors (Lipinski definition) is 1. The molecule has 2 aromatic rings. The number of carbonyl (C=O) groups is 2. The summed E-state index contributed by atoms with van der Waals surface area (Å²) in [5.74, 6) is -2.35. The Morgan fingerprint density at radius 2 is 1.86 bits per heavy atom. The summed E-state index contributed by atoms with van der Waals surface area (Å²) in [6.45, 7) is 0.138. The topological polar surface area (TPSA) is 70.8 Å². The Labute approximate surface area is 126 Å². The van der Waals surface area contributed by atoms with E-state index in [9.17, 15) is 14.0 Å². The Morgan fingerprint density at radius 1 is 1.18 bits per heavy atom. The molecule has 1 saturated carbocycles. The van der Waals surface area contributed by atoms with Gasteiger partial charge in [-0.1, -0.05) is 18.2 Å². The van der Waals surface area contributed by atoms with E-state index in [0.29, 0.717) is 5.56 Å². The number of aromatic carboxylic acids is 1. The van der Waals surface area contributed by atoms with Gasteiger partial charge in [0.15, 0.2) is 5.76 Å². The molecule has 0 spiro atoms. The first-order valence-electron chi connectivity index (χ1n) is 6.94. The highest BCUT2D eigenvalue weighted by Crippen LogP contribution is 2.30. The van der Waals surface area contributed by atoms with Crippen LogP contribution in [0.4, 0.5) is 4.39 Å². The van der Waals surface area contributed by atoms with Crippen LogP contribution in [0, 0.1) is 5.82 Å². The molecule has 1 aromatic heterocycles. The number of amides is 1. The van der Waals surface area contributed by atoms with E-state index in [-0.39, 0.29) is 29.9 Å². The molecule has 0 unspecified atom stereocenters. The van der Waals surface area contributed by atoms with E-state index in [2.05, 4.69) is 0 Å². The number of carbonyl (C=O) groups excluding carboxylic acids is 1. The van der Waals surface area contributed by atoms with E-state index in [1.165, 1.54) is 23.1 Å². The van der Waals surface area contributed by atoms with Crippen molar-refractivity contribution in [3.05, 3.63) is 59.3 Å². The van der Waals surface area contributed by atoms with Crippen LogP contribution in [0.3, 0.4) is 0 Å². The maximum Gasteiger partial charge on any atom is 0.371 e. The zero-order valence-electron chi connectivity index (χ0n) is 11.7. The van der Waals surface area contributed by atoms with Gasteiger partial charge in [0.2, 0.25) is 5.76 Å². The molecule has 0 saturated heterocycles. The summed E-state index contributed by atoms with van der Waals surface area (Å²) in [5.41, 5.74) is 0.424. The lowest BCUT2D eigenvalue weighted by Gasteiger charge is -2.21. The van der Waals surface area contributed by atoms with E-state index >= 15 is 0 Å². The van der Waals surface area contributed by atoms with E-state index in [0.717, 1.165) is 12.8 Å². The predicted molar refractivity (Wildman–Crippen MR) is 75.0 cm³/mol. The van der Waals surface area contributed by atoms with Crippen LogP contribution in [0.1, 0.15) is 39.5 Å². The first-order valence-corrected chi connectivity index (χ1v) is 6.94.